The third kappa shape index (κ3) is 3.45. The molecule has 0 aromatic carbocycles. The summed E-state index contributed by atoms with van der Waals surface area (Å²) >= 11 is 0. The van der Waals surface area contributed by atoms with Crippen LogP contribution in [-0.4, -0.2) is 53.2 Å². The zero-order valence-electron chi connectivity index (χ0n) is 16.8. The molecule has 2 saturated heterocycles. The first-order valence-corrected chi connectivity index (χ1v) is 10.3. The maximum Gasteiger partial charge on any atom is 0.162 e. The third-order valence-corrected chi connectivity index (χ3v) is 6.36. The number of nitrogens with one attached hydrogen (secondary N) is 1. The van der Waals surface area contributed by atoms with E-state index < -0.39 is 0 Å². The van der Waals surface area contributed by atoms with Gasteiger partial charge in [-0.05, 0) is 43.4 Å². The summed E-state index contributed by atoms with van der Waals surface area (Å²) in [5.74, 6) is 1.71. The fraction of sp³-hybridized carbons (Fsp3) is 0.455. The van der Waals surface area contributed by atoms with Crippen LogP contribution in [0.2, 0.25) is 0 Å². The van der Waals surface area contributed by atoms with Crippen molar-refractivity contribution in [2.24, 2.45) is 5.41 Å². The number of ether oxygens (including phenoxy) is 1. The van der Waals surface area contributed by atoms with Gasteiger partial charge in [0.15, 0.2) is 5.82 Å². The van der Waals surface area contributed by atoms with Gasteiger partial charge in [0.1, 0.15) is 5.82 Å². The van der Waals surface area contributed by atoms with E-state index in [-0.39, 0.29) is 0 Å². The van der Waals surface area contributed by atoms with Crippen molar-refractivity contribution in [3.05, 3.63) is 42.5 Å². The highest BCUT2D eigenvalue weighted by Gasteiger charge is 2.37. The average Bonchev–Trinajstić information content (AvgIpc) is 3.22. The highest BCUT2D eigenvalue weighted by molar-refractivity contribution is 5.93. The predicted octanol–water partition coefficient (Wildman–Crippen LogP) is 2.81. The summed E-state index contributed by atoms with van der Waals surface area (Å²) in [6, 6.07) is 3.90. The lowest BCUT2D eigenvalue weighted by atomic mass is 9.78. The van der Waals surface area contributed by atoms with Gasteiger partial charge in [-0.15, -0.1) is 0 Å². The quantitative estimate of drug-likeness (QED) is 0.734. The molecule has 2 aliphatic rings. The molecule has 0 amide bonds. The van der Waals surface area contributed by atoms with Gasteiger partial charge in [-0.2, -0.15) is 0 Å². The number of pyridine rings is 2. The van der Waals surface area contributed by atoms with E-state index in [9.17, 15) is 0 Å². The lowest BCUT2D eigenvalue weighted by Crippen LogP contribution is -2.41. The lowest BCUT2D eigenvalue weighted by Gasteiger charge is -2.40. The molecule has 7 heteroatoms. The molecule has 29 heavy (non-hydrogen) atoms. The van der Waals surface area contributed by atoms with Crippen molar-refractivity contribution in [1.29, 1.82) is 0 Å². The van der Waals surface area contributed by atoms with Crippen LogP contribution in [0.15, 0.2) is 36.9 Å². The molecule has 0 aliphatic carbocycles. The van der Waals surface area contributed by atoms with Crippen LogP contribution in [0.25, 0.3) is 22.3 Å². The summed E-state index contributed by atoms with van der Waals surface area (Å²) in [6.07, 6.45) is 10.9. The van der Waals surface area contributed by atoms with Crippen molar-refractivity contribution >= 4 is 16.7 Å². The molecule has 0 atom stereocenters. The average molecular weight is 390 g/mol. The van der Waals surface area contributed by atoms with Crippen molar-refractivity contribution in [1.82, 2.24) is 25.3 Å². The van der Waals surface area contributed by atoms with Crippen molar-refractivity contribution < 1.29 is 4.74 Å². The Morgan fingerprint density at radius 3 is 2.62 bits per heavy atom. The monoisotopic (exact) mass is 390 g/mol. The smallest absolute Gasteiger partial charge is 0.162 e. The number of anilines is 1. The molecule has 5 heterocycles. The van der Waals surface area contributed by atoms with Gasteiger partial charge in [0, 0.05) is 56.5 Å². The molecule has 1 N–H and O–H groups in total. The normalized spacial score (nSPS) is 18.6. The number of rotatable bonds is 4. The Balaban J connectivity index is 1.59. The van der Waals surface area contributed by atoms with E-state index in [4.69, 9.17) is 14.7 Å². The number of fused-ring (bicyclic) bond motifs is 1. The van der Waals surface area contributed by atoms with E-state index in [0.717, 1.165) is 54.0 Å². The molecule has 0 bridgehead atoms. The van der Waals surface area contributed by atoms with Crippen LogP contribution in [0.4, 0.5) is 5.82 Å². The standard InChI is InChI=1S/C22H26N6O/c1-29-14-17-12-25-13-18-19(17)21(27-20(26-18)16-2-7-23-8-3-16)28-10-5-22(6-11-28)4-9-24-15-22/h2-3,7-8,12-13,24H,4-6,9-11,14-15H2,1H3. The highest BCUT2D eigenvalue weighted by atomic mass is 16.5. The topological polar surface area (TPSA) is 76.1 Å². The van der Waals surface area contributed by atoms with Crippen LogP contribution >= 0.6 is 0 Å². The summed E-state index contributed by atoms with van der Waals surface area (Å²) in [6.45, 7) is 4.81. The minimum absolute atomic E-state index is 0.462. The summed E-state index contributed by atoms with van der Waals surface area (Å²) in [5.41, 5.74) is 3.32. The van der Waals surface area contributed by atoms with E-state index >= 15 is 0 Å². The van der Waals surface area contributed by atoms with Crippen LogP contribution in [0, 0.1) is 5.41 Å². The van der Waals surface area contributed by atoms with Crippen LogP contribution < -0.4 is 10.2 Å². The Kier molecular flexibility index (Phi) is 4.85. The van der Waals surface area contributed by atoms with Crippen LogP contribution in [0.5, 0.6) is 0 Å². The second-order valence-electron chi connectivity index (χ2n) is 8.15. The van der Waals surface area contributed by atoms with Gasteiger partial charge < -0.3 is 15.0 Å². The first-order valence-electron chi connectivity index (χ1n) is 10.3. The van der Waals surface area contributed by atoms with E-state index in [1.165, 1.54) is 19.3 Å². The molecule has 0 saturated carbocycles. The third-order valence-electron chi connectivity index (χ3n) is 6.36. The number of hydrogen-bond donors (Lipinski definition) is 1. The van der Waals surface area contributed by atoms with Crippen molar-refractivity contribution in [3.8, 4) is 11.4 Å². The van der Waals surface area contributed by atoms with Crippen LogP contribution in [0.3, 0.4) is 0 Å². The molecular weight excluding hydrogens is 364 g/mol. The molecule has 3 aromatic rings. The SMILES string of the molecule is COCc1cncc2nc(-c3ccncc3)nc(N3CCC4(CCNC4)CC3)c12. The zero-order valence-corrected chi connectivity index (χ0v) is 16.8. The molecule has 2 aliphatic heterocycles. The lowest BCUT2D eigenvalue weighted by molar-refractivity contribution is 0.185. The Morgan fingerprint density at radius 1 is 1.07 bits per heavy atom. The number of aromatic nitrogens is 4. The van der Waals surface area contributed by atoms with E-state index in [1.54, 1.807) is 19.5 Å². The Bertz CT molecular complexity index is 993. The van der Waals surface area contributed by atoms with Gasteiger partial charge in [-0.1, -0.05) is 0 Å². The molecule has 7 nitrogen and oxygen atoms in total. The van der Waals surface area contributed by atoms with E-state index in [1.807, 2.05) is 24.5 Å². The minimum atomic E-state index is 0.462. The van der Waals surface area contributed by atoms with E-state index in [0.29, 0.717) is 17.8 Å². The molecule has 0 radical (unpaired) electrons. The Labute approximate surface area is 170 Å². The first-order chi connectivity index (χ1) is 14.3. The number of methoxy groups -OCH3 is 1. The molecule has 0 unspecified atom stereocenters. The molecular formula is C22H26N6O. The predicted molar refractivity (Wildman–Crippen MR) is 113 cm³/mol. The van der Waals surface area contributed by atoms with Crippen LogP contribution in [0.1, 0.15) is 24.8 Å². The van der Waals surface area contributed by atoms with Gasteiger partial charge >= 0.3 is 0 Å². The summed E-state index contributed by atoms with van der Waals surface area (Å²) in [5, 5.41) is 4.60. The van der Waals surface area contributed by atoms with Crippen LogP contribution in [-0.2, 0) is 11.3 Å². The summed E-state index contributed by atoms with van der Waals surface area (Å²) in [7, 11) is 1.71. The fourth-order valence-corrected chi connectivity index (χ4v) is 4.67. The van der Waals surface area contributed by atoms with Gasteiger partial charge in [-0.25, -0.2) is 9.97 Å². The largest absolute Gasteiger partial charge is 0.380 e. The zero-order chi connectivity index (χ0) is 19.7. The maximum absolute atomic E-state index is 5.44. The molecule has 2 fully saturated rings. The fourth-order valence-electron chi connectivity index (χ4n) is 4.67. The highest BCUT2D eigenvalue weighted by Crippen LogP contribution is 2.39. The van der Waals surface area contributed by atoms with Gasteiger partial charge in [-0.3, -0.25) is 9.97 Å². The number of hydrogen-bond acceptors (Lipinski definition) is 7. The van der Waals surface area contributed by atoms with Gasteiger partial charge in [0.2, 0.25) is 0 Å². The molecule has 150 valence electrons. The van der Waals surface area contributed by atoms with Gasteiger partial charge in [0.25, 0.3) is 0 Å². The van der Waals surface area contributed by atoms with E-state index in [2.05, 4.69) is 20.2 Å². The van der Waals surface area contributed by atoms with Crippen molar-refractivity contribution in [2.75, 3.05) is 38.2 Å². The number of nitrogens with zero attached hydrogens (tertiary/aromatic N) is 5. The first kappa shape index (κ1) is 18.4. The molecule has 3 aromatic heterocycles. The van der Waals surface area contributed by atoms with Crippen molar-refractivity contribution in [2.45, 2.75) is 25.9 Å². The second-order valence-corrected chi connectivity index (χ2v) is 8.15. The minimum Gasteiger partial charge on any atom is -0.380 e. The van der Waals surface area contributed by atoms with Gasteiger partial charge in [0.05, 0.1) is 23.7 Å². The molecule has 5 rings (SSSR count). The number of piperidine rings is 1. The summed E-state index contributed by atoms with van der Waals surface area (Å²) < 4.78 is 5.44. The second kappa shape index (κ2) is 7.65. The van der Waals surface area contributed by atoms with Crippen molar-refractivity contribution in [3.63, 3.8) is 0 Å². The Morgan fingerprint density at radius 2 is 1.90 bits per heavy atom. The summed E-state index contributed by atoms with van der Waals surface area (Å²) in [4.78, 5) is 20.8. The maximum atomic E-state index is 5.44. The Hall–Kier alpha value is -2.64. The molecule has 1 spiro atoms.